The zero-order chi connectivity index (χ0) is 19.9. The highest BCUT2D eigenvalue weighted by Crippen LogP contribution is 2.29. The van der Waals surface area contributed by atoms with Gasteiger partial charge in [-0.15, -0.1) is 5.10 Å². The number of nitrogens with zero attached hydrogens (tertiary/aromatic N) is 3. The summed E-state index contributed by atoms with van der Waals surface area (Å²) >= 11 is 2.87. The number of hydrogen-bond acceptors (Lipinski definition) is 8. The van der Waals surface area contributed by atoms with Crippen LogP contribution in [0.4, 0.5) is 0 Å². The van der Waals surface area contributed by atoms with E-state index in [0.29, 0.717) is 28.3 Å². The van der Waals surface area contributed by atoms with Gasteiger partial charge in [0.05, 0.1) is 31.1 Å². The normalized spacial score (nSPS) is 15.3. The zero-order valence-electron chi connectivity index (χ0n) is 15.5. The van der Waals surface area contributed by atoms with Crippen LogP contribution in [-0.2, 0) is 14.3 Å². The molecule has 2 aromatic rings. The van der Waals surface area contributed by atoms with Crippen LogP contribution < -0.4 is 4.74 Å². The number of hydrogen-bond donors (Lipinski definition) is 1. The molecule has 0 unspecified atom stereocenters. The fraction of sp³-hybridized carbons (Fsp3) is 0.333. The summed E-state index contributed by atoms with van der Waals surface area (Å²) in [6.45, 7) is 0.539. The number of H-pyrrole nitrogens is 1. The van der Waals surface area contributed by atoms with Gasteiger partial charge in [-0.25, -0.2) is 9.78 Å². The number of aromatic amines is 1. The van der Waals surface area contributed by atoms with E-state index in [1.807, 2.05) is 24.3 Å². The highest BCUT2D eigenvalue weighted by Gasteiger charge is 2.26. The zero-order valence-corrected chi connectivity index (χ0v) is 17.1. The lowest BCUT2D eigenvalue weighted by Gasteiger charge is -2.16. The van der Waals surface area contributed by atoms with Crippen LogP contribution in [0, 0.1) is 0 Å². The summed E-state index contributed by atoms with van der Waals surface area (Å²) in [5.41, 5.74) is 0.928. The molecule has 3 rings (SSSR count). The number of thioether (sulfide) groups is 2. The third-order valence-corrected chi connectivity index (χ3v) is 5.90. The lowest BCUT2D eigenvalue weighted by atomic mass is 10.2. The summed E-state index contributed by atoms with van der Waals surface area (Å²) in [7, 11) is 2.94. The molecule has 1 aromatic carbocycles. The Hall–Kier alpha value is -2.46. The molecule has 1 N–H and O–H groups in total. The van der Waals surface area contributed by atoms with Gasteiger partial charge in [0.1, 0.15) is 5.75 Å². The quantitative estimate of drug-likeness (QED) is 0.301. The van der Waals surface area contributed by atoms with E-state index in [2.05, 4.69) is 19.9 Å². The predicted octanol–water partition coefficient (Wildman–Crippen LogP) is 2.55. The van der Waals surface area contributed by atoms with Gasteiger partial charge in [-0.3, -0.25) is 9.89 Å². The number of nitrogens with one attached hydrogen (secondary N) is 1. The fourth-order valence-electron chi connectivity index (χ4n) is 2.50. The van der Waals surface area contributed by atoms with E-state index in [0.717, 1.165) is 23.5 Å². The number of esters is 1. The molecule has 1 aliphatic heterocycles. The second kappa shape index (κ2) is 9.65. The standard InChI is InChI=1S/C18H20N4O4S2/c1-25-13-6-4-12(5-7-13)17-19-18(21-20-17)27-9-3-8-22-14(23)11-28-15(22)10-16(24)26-2/h4-7,10H,3,8-9,11H2,1-2H3,(H,19,20,21)/b15-10+. The number of carbonyl (C=O) groups is 2. The maximum absolute atomic E-state index is 12.0. The highest BCUT2D eigenvalue weighted by molar-refractivity contribution is 8.04. The summed E-state index contributed by atoms with van der Waals surface area (Å²) in [5, 5.41) is 8.45. The molecule has 1 saturated heterocycles. The Balaban J connectivity index is 1.50. The summed E-state index contributed by atoms with van der Waals surface area (Å²) in [5.74, 6) is 2.13. The van der Waals surface area contributed by atoms with E-state index in [9.17, 15) is 9.59 Å². The van der Waals surface area contributed by atoms with Gasteiger partial charge in [0.15, 0.2) is 5.82 Å². The van der Waals surface area contributed by atoms with Crippen molar-refractivity contribution in [3.8, 4) is 17.1 Å². The molecular formula is C18H20N4O4S2. The Labute approximate surface area is 171 Å². The SMILES string of the molecule is COC(=O)/C=C1/SCC(=O)N1CCCSc1n[nH]c(-c2ccc(OC)cc2)n1. The number of benzene rings is 1. The van der Waals surface area contributed by atoms with Gasteiger partial charge in [-0.05, 0) is 30.7 Å². The molecule has 0 bridgehead atoms. The first-order valence-electron chi connectivity index (χ1n) is 8.53. The number of ether oxygens (including phenoxy) is 2. The van der Waals surface area contributed by atoms with Crippen molar-refractivity contribution in [1.29, 1.82) is 0 Å². The van der Waals surface area contributed by atoms with Crippen molar-refractivity contribution in [3.05, 3.63) is 35.4 Å². The Bertz CT molecular complexity index is 867. The van der Waals surface area contributed by atoms with E-state index < -0.39 is 5.97 Å². The van der Waals surface area contributed by atoms with Crippen molar-refractivity contribution in [1.82, 2.24) is 20.1 Å². The Kier molecular flexibility index (Phi) is 6.99. The average Bonchev–Trinajstić information content (AvgIpc) is 3.32. The van der Waals surface area contributed by atoms with E-state index in [1.54, 1.807) is 12.0 Å². The molecule has 0 saturated carbocycles. The maximum atomic E-state index is 12.0. The van der Waals surface area contributed by atoms with Gasteiger partial charge >= 0.3 is 5.97 Å². The molecule has 0 radical (unpaired) electrons. The van der Waals surface area contributed by atoms with Gasteiger partial charge in [0, 0.05) is 17.9 Å². The molecule has 1 amide bonds. The minimum Gasteiger partial charge on any atom is -0.497 e. The third kappa shape index (κ3) is 5.08. The molecule has 148 valence electrons. The topological polar surface area (TPSA) is 97.4 Å². The van der Waals surface area contributed by atoms with Crippen LogP contribution in [0.15, 0.2) is 40.5 Å². The van der Waals surface area contributed by atoms with Crippen molar-refractivity contribution in [2.24, 2.45) is 0 Å². The Morgan fingerprint density at radius 1 is 1.36 bits per heavy atom. The van der Waals surface area contributed by atoms with Crippen LogP contribution in [0.5, 0.6) is 5.75 Å². The van der Waals surface area contributed by atoms with Gasteiger partial charge in [0.25, 0.3) is 0 Å². The lowest BCUT2D eigenvalue weighted by Crippen LogP contribution is -2.26. The first-order chi connectivity index (χ1) is 13.6. The molecule has 0 atom stereocenters. The smallest absolute Gasteiger partial charge is 0.333 e. The van der Waals surface area contributed by atoms with Gasteiger partial charge < -0.3 is 14.4 Å². The molecular weight excluding hydrogens is 400 g/mol. The van der Waals surface area contributed by atoms with Crippen molar-refractivity contribution < 1.29 is 19.1 Å². The van der Waals surface area contributed by atoms with Crippen LogP contribution in [0.2, 0.25) is 0 Å². The summed E-state index contributed by atoms with van der Waals surface area (Å²) in [6, 6.07) is 7.57. The largest absolute Gasteiger partial charge is 0.497 e. The monoisotopic (exact) mass is 420 g/mol. The molecule has 1 aliphatic rings. The molecule has 10 heteroatoms. The third-order valence-electron chi connectivity index (χ3n) is 3.94. The second-order valence-electron chi connectivity index (χ2n) is 5.74. The van der Waals surface area contributed by atoms with Crippen LogP contribution in [0.1, 0.15) is 6.42 Å². The van der Waals surface area contributed by atoms with E-state index in [-0.39, 0.29) is 5.91 Å². The number of carbonyl (C=O) groups excluding carboxylic acids is 2. The van der Waals surface area contributed by atoms with Gasteiger partial charge in [-0.1, -0.05) is 23.5 Å². The van der Waals surface area contributed by atoms with Crippen molar-refractivity contribution in [2.45, 2.75) is 11.6 Å². The minimum atomic E-state index is -0.455. The fourth-order valence-corrected chi connectivity index (χ4v) is 4.18. The lowest BCUT2D eigenvalue weighted by molar-refractivity contribution is -0.134. The van der Waals surface area contributed by atoms with Crippen LogP contribution in [0.3, 0.4) is 0 Å². The van der Waals surface area contributed by atoms with Gasteiger partial charge in [-0.2, -0.15) is 0 Å². The molecule has 28 heavy (non-hydrogen) atoms. The number of rotatable bonds is 8. The minimum absolute atomic E-state index is 0.00448. The first-order valence-corrected chi connectivity index (χ1v) is 10.5. The van der Waals surface area contributed by atoms with E-state index in [1.165, 1.54) is 36.7 Å². The number of amides is 1. The van der Waals surface area contributed by atoms with Crippen LogP contribution in [0.25, 0.3) is 11.4 Å². The van der Waals surface area contributed by atoms with Crippen molar-refractivity contribution >= 4 is 35.4 Å². The van der Waals surface area contributed by atoms with E-state index in [4.69, 9.17) is 4.74 Å². The van der Waals surface area contributed by atoms with Crippen molar-refractivity contribution in [2.75, 3.05) is 32.3 Å². The van der Waals surface area contributed by atoms with Crippen molar-refractivity contribution in [3.63, 3.8) is 0 Å². The maximum Gasteiger partial charge on any atom is 0.333 e. The van der Waals surface area contributed by atoms with Crippen LogP contribution in [-0.4, -0.2) is 64.2 Å². The first kappa shape index (κ1) is 20.3. The predicted molar refractivity (Wildman–Crippen MR) is 108 cm³/mol. The molecule has 8 nitrogen and oxygen atoms in total. The Morgan fingerprint density at radius 3 is 2.86 bits per heavy atom. The highest BCUT2D eigenvalue weighted by atomic mass is 32.2. The molecule has 2 heterocycles. The molecule has 1 aromatic heterocycles. The summed E-state index contributed by atoms with van der Waals surface area (Å²) in [4.78, 5) is 29.5. The van der Waals surface area contributed by atoms with Gasteiger partial charge in [0.2, 0.25) is 11.1 Å². The number of methoxy groups -OCH3 is 2. The molecule has 1 fully saturated rings. The average molecular weight is 421 g/mol. The molecule has 0 spiro atoms. The number of aromatic nitrogens is 3. The van der Waals surface area contributed by atoms with E-state index >= 15 is 0 Å². The second-order valence-corrected chi connectivity index (χ2v) is 7.79. The van der Waals surface area contributed by atoms with Crippen LogP contribution >= 0.6 is 23.5 Å². The summed E-state index contributed by atoms with van der Waals surface area (Å²) < 4.78 is 9.78. The summed E-state index contributed by atoms with van der Waals surface area (Å²) in [6.07, 6.45) is 2.11. The Morgan fingerprint density at radius 2 is 2.14 bits per heavy atom. The molecule has 0 aliphatic carbocycles.